The fourth-order valence-corrected chi connectivity index (χ4v) is 5.78. The van der Waals surface area contributed by atoms with Crippen LogP contribution in [-0.4, -0.2) is 81.9 Å². The van der Waals surface area contributed by atoms with E-state index in [1.165, 1.54) is 5.56 Å². The molecule has 0 bridgehead atoms. The second-order valence-electron chi connectivity index (χ2n) is 10.4. The van der Waals surface area contributed by atoms with Crippen LogP contribution in [0, 0.1) is 0 Å². The second kappa shape index (κ2) is 8.49. The Morgan fingerprint density at radius 1 is 1.09 bits per heavy atom. The molecule has 1 aromatic carbocycles. The Hall–Kier alpha value is -2.29. The number of β-amino-alcohol motifs (C(OH)–C–C–N with tert-alkyl or cyclic N) is 1. The van der Waals surface area contributed by atoms with Gasteiger partial charge in [-0.2, -0.15) is 0 Å². The molecule has 1 heterocycles. The Morgan fingerprint density at radius 3 is 2.18 bits per heavy atom. The molecule has 2 aliphatic carbocycles. The largest absolute Gasteiger partial charge is 0.388 e. The topological polar surface area (TPSA) is 107 Å². The first-order valence-corrected chi connectivity index (χ1v) is 11.9. The van der Waals surface area contributed by atoms with Crippen LogP contribution in [0.1, 0.15) is 57.4 Å². The van der Waals surface area contributed by atoms with Gasteiger partial charge >= 0.3 is 6.03 Å². The summed E-state index contributed by atoms with van der Waals surface area (Å²) in [6, 6.07) is 9.03. The van der Waals surface area contributed by atoms with Gasteiger partial charge in [0.1, 0.15) is 5.54 Å². The molecule has 1 saturated heterocycles. The first-order valence-electron chi connectivity index (χ1n) is 11.9. The van der Waals surface area contributed by atoms with Gasteiger partial charge in [-0.1, -0.05) is 30.3 Å². The quantitative estimate of drug-likeness (QED) is 0.607. The lowest BCUT2D eigenvalue weighted by Gasteiger charge is -2.51. The van der Waals surface area contributed by atoms with Crippen molar-refractivity contribution in [2.45, 2.75) is 74.6 Å². The summed E-state index contributed by atoms with van der Waals surface area (Å²) in [5.74, 6) is -0.677. The first-order chi connectivity index (χ1) is 15.5. The Bertz CT molecular complexity index is 918. The van der Waals surface area contributed by atoms with Crippen molar-refractivity contribution < 1.29 is 19.5 Å². The summed E-state index contributed by atoms with van der Waals surface area (Å²) in [7, 11) is 4.10. The van der Waals surface area contributed by atoms with Crippen molar-refractivity contribution in [1.29, 1.82) is 0 Å². The van der Waals surface area contributed by atoms with E-state index in [0.717, 1.165) is 11.3 Å². The van der Waals surface area contributed by atoms with Crippen LogP contribution in [0.4, 0.5) is 4.79 Å². The molecule has 1 spiro atoms. The van der Waals surface area contributed by atoms with Crippen LogP contribution in [0.2, 0.25) is 0 Å². The monoisotopic (exact) mass is 456 g/mol. The minimum atomic E-state index is -1.03. The average Bonchev–Trinajstić information content (AvgIpc) is 2.95. The molecule has 3 N–H and O–H groups in total. The number of benzene rings is 1. The number of amides is 3. The lowest BCUT2D eigenvalue weighted by Crippen LogP contribution is -2.60. The fourth-order valence-electron chi connectivity index (χ4n) is 5.78. The lowest BCUT2D eigenvalue weighted by atomic mass is 9.67. The van der Waals surface area contributed by atoms with Crippen molar-refractivity contribution in [1.82, 2.24) is 14.7 Å². The van der Waals surface area contributed by atoms with Crippen molar-refractivity contribution in [3.8, 4) is 0 Å². The van der Waals surface area contributed by atoms with E-state index in [0.29, 0.717) is 38.5 Å². The predicted molar refractivity (Wildman–Crippen MR) is 124 cm³/mol. The number of carbonyl (C=O) groups excluding carboxylic acids is 3. The van der Waals surface area contributed by atoms with Gasteiger partial charge in [0.15, 0.2) is 5.78 Å². The molecule has 1 atom stereocenters. The highest BCUT2D eigenvalue weighted by Crippen LogP contribution is 2.50. The van der Waals surface area contributed by atoms with Gasteiger partial charge in [0.25, 0.3) is 5.91 Å². The van der Waals surface area contributed by atoms with E-state index in [2.05, 4.69) is 31.1 Å². The minimum absolute atomic E-state index is 0.126. The maximum Gasteiger partial charge on any atom is 0.328 e. The first kappa shape index (κ1) is 23.9. The third-order valence-electron chi connectivity index (χ3n) is 8.25. The van der Waals surface area contributed by atoms with Crippen molar-refractivity contribution in [2.75, 3.05) is 27.2 Å². The summed E-state index contributed by atoms with van der Waals surface area (Å²) in [5, 5.41) is 10.9. The molecule has 1 aliphatic heterocycles. The maximum atomic E-state index is 13.7. The van der Waals surface area contributed by atoms with Crippen LogP contribution in [0.15, 0.2) is 30.3 Å². The standard InChI is InChI=1S/C25H36N4O4/c1-18(26)20(30)16-28-21(31)25(29(22(28)32)17-23(33)10-7-11-23)14-12-24(13-15-25,27(2)3)19-8-5-4-6-9-19/h4-6,8-9,18,33H,7,10-17,26H2,1-3H3/t18-,24?,25?/m0/s1. The number of rotatable bonds is 7. The van der Waals surface area contributed by atoms with Gasteiger partial charge in [0.2, 0.25) is 0 Å². The van der Waals surface area contributed by atoms with Crippen LogP contribution in [-0.2, 0) is 15.1 Å². The lowest BCUT2D eigenvalue weighted by molar-refractivity contribution is -0.140. The molecule has 0 aromatic heterocycles. The van der Waals surface area contributed by atoms with E-state index in [4.69, 9.17) is 5.73 Å². The molecule has 1 aromatic rings. The molecule has 3 aliphatic rings. The van der Waals surface area contributed by atoms with Crippen molar-refractivity contribution in [3.05, 3.63) is 35.9 Å². The van der Waals surface area contributed by atoms with Crippen molar-refractivity contribution in [2.24, 2.45) is 5.73 Å². The van der Waals surface area contributed by atoms with Crippen LogP contribution >= 0.6 is 0 Å². The molecule has 4 rings (SSSR count). The number of ketones is 1. The molecule has 8 nitrogen and oxygen atoms in total. The summed E-state index contributed by atoms with van der Waals surface area (Å²) in [6.45, 7) is 1.37. The highest BCUT2D eigenvalue weighted by atomic mass is 16.3. The number of carbonyl (C=O) groups is 3. The Labute approximate surface area is 195 Å². The molecule has 2 saturated carbocycles. The summed E-state index contributed by atoms with van der Waals surface area (Å²) >= 11 is 0. The van der Waals surface area contributed by atoms with Crippen LogP contribution < -0.4 is 5.73 Å². The van der Waals surface area contributed by atoms with E-state index in [1.807, 2.05) is 18.2 Å². The maximum absolute atomic E-state index is 13.7. The Kier molecular flexibility index (Phi) is 6.14. The molecule has 3 amide bonds. The summed E-state index contributed by atoms with van der Waals surface area (Å²) in [5.41, 5.74) is 4.67. The molecule has 180 valence electrons. The van der Waals surface area contributed by atoms with Crippen LogP contribution in [0.25, 0.3) is 0 Å². The van der Waals surface area contributed by atoms with Crippen molar-refractivity contribution >= 4 is 17.7 Å². The highest BCUT2D eigenvalue weighted by Gasteiger charge is 2.62. The van der Waals surface area contributed by atoms with Gasteiger partial charge in [-0.3, -0.25) is 19.4 Å². The molecule has 0 radical (unpaired) electrons. The number of hydrogen-bond donors (Lipinski definition) is 2. The number of nitrogens with two attached hydrogens (primary N) is 1. The van der Waals surface area contributed by atoms with Gasteiger partial charge in [-0.25, -0.2) is 4.79 Å². The Morgan fingerprint density at radius 2 is 1.70 bits per heavy atom. The smallest absolute Gasteiger partial charge is 0.328 e. The van der Waals surface area contributed by atoms with Gasteiger partial charge < -0.3 is 15.7 Å². The van der Waals surface area contributed by atoms with Crippen LogP contribution in [0.3, 0.4) is 0 Å². The third kappa shape index (κ3) is 3.88. The minimum Gasteiger partial charge on any atom is -0.388 e. The van der Waals surface area contributed by atoms with Gasteiger partial charge in [-0.05, 0) is 71.5 Å². The molecule has 0 unspecified atom stereocenters. The third-order valence-corrected chi connectivity index (χ3v) is 8.25. The summed E-state index contributed by atoms with van der Waals surface area (Å²) < 4.78 is 0. The van der Waals surface area contributed by atoms with E-state index >= 15 is 0 Å². The van der Waals surface area contributed by atoms with Crippen LogP contribution in [0.5, 0.6) is 0 Å². The number of urea groups is 1. The normalized spacial score (nSPS) is 30.1. The molecular formula is C25H36N4O4. The highest BCUT2D eigenvalue weighted by molar-refractivity contribution is 6.09. The van der Waals surface area contributed by atoms with E-state index in [9.17, 15) is 19.5 Å². The van der Waals surface area contributed by atoms with Gasteiger partial charge in [0, 0.05) is 5.54 Å². The number of aliphatic hydroxyl groups is 1. The number of hydrogen-bond acceptors (Lipinski definition) is 6. The zero-order valence-electron chi connectivity index (χ0n) is 19.9. The molecule has 8 heteroatoms. The molecule has 33 heavy (non-hydrogen) atoms. The van der Waals surface area contributed by atoms with E-state index < -0.39 is 23.2 Å². The van der Waals surface area contributed by atoms with Gasteiger partial charge in [-0.15, -0.1) is 0 Å². The zero-order chi connectivity index (χ0) is 24.0. The summed E-state index contributed by atoms with van der Waals surface area (Å²) in [6.07, 6.45) is 4.47. The van der Waals surface area contributed by atoms with Crippen molar-refractivity contribution in [3.63, 3.8) is 0 Å². The number of nitrogens with zero attached hydrogens (tertiary/aromatic N) is 3. The molecule has 3 fully saturated rings. The number of imide groups is 1. The Balaban J connectivity index is 1.66. The average molecular weight is 457 g/mol. The zero-order valence-corrected chi connectivity index (χ0v) is 19.9. The predicted octanol–water partition coefficient (Wildman–Crippen LogP) is 1.85. The van der Waals surface area contributed by atoms with E-state index in [-0.39, 0.29) is 30.3 Å². The molecular weight excluding hydrogens is 420 g/mol. The number of Topliss-reactive ketones (excluding diaryl/α,β-unsaturated/α-hetero) is 1. The second-order valence-corrected chi connectivity index (χ2v) is 10.4. The van der Waals surface area contributed by atoms with E-state index in [1.54, 1.807) is 11.8 Å². The summed E-state index contributed by atoms with van der Waals surface area (Å²) in [4.78, 5) is 44.4. The van der Waals surface area contributed by atoms with Gasteiger partial charge in [0.05, 0.1) is 24.7 Å². The SMILES string of the molecule is C[C@H](N)C(=O)CN1C(=O)N(CC2(O)CCC2)C2(CCC(c3ccccc3)(N(C)C)CC2)C1=O. The fraction of sp³-hybridized carbons (Fsp3) is 0.640.